The lowest BCUT2D eigenvalue weighted by Crippen LogP contribution is -2.05. The molecule has 0 aliphatic carbocycles. The highest BCUT2D eigenvalue weighted by molar-refractivity contribution is 7.86. The van der Waals surface area contributed by atoms with Crippen LogP contribution in [-0.4, -0.2) is 31.5 Å². The maximum atomic E-state index is 12.5. The molecule has 1 atom stereocenters. The van der Waals surface area contributed by atoms with Gasteiger partial charge in [0.2, 0.25) is 0 Å². The van der Waals surface area contributed by atoms with Crippen LogP contribution in [0.2, 0.25) is 0 Å². The van der Waals surface area contributed by atoms with Crippen LogP contribution in [0.3, 0.4) is 0 Å². The number of carbonyl (C=O) groups is 1. The minimum Gasteiger partial charge on any atom is -0.493 e. The van der Waals surface area contributed by atoms with Crippen LogP contribution in [0.4, 0.5) is 5.69 Å². The SMILES string of the molecule is COC(=O)/C=C/c1cccc(NS(=O)c2ccc(OC)c(OC)c2)c1. The Morgan fingerprint density at radius 2 is 1.80 bits per heavy atom. The minimum absolute atomic E-state index is 0.438. The number of hydrogen-bond donors (Lipinski definition) is 1. The third-order valence-electron chi connectivity index (χ3n) is 3.28. The Hall–Kier alpha value is -2.80. The first-order valence-electron chi connectivity index (χ1n) is 7.34. The van der Waals surface area contributed by atoms with Gasteiger partial charge in [0.25, 0.3) is 0 Å². The number of methoxy groups -OCH3 is 3. The summed E-state index contributed by atoms with van der Waals surface area (Å²) < 4.78 is 30.4. The Morgan fingerprint density at radius 3 is 2.48 bits per heavy atom. The molecule has 1 unspecified atom stereocenters. The predicted molar refractivity (Wildman–Crippen MR) is 97.1 cm³/mol. The van der Waals surface area contributed by atoms with E-state index in [1.54, 1.807) is 49.6 Å². The van der Waals surface area contributed by atoms with E-state index in [0.29, 0.717) is 22.1 Å². The highest BCUT2D eigenvalue weighted by Gasteiger charge is 2.10. The summed E-state index contributed by atoms with van der Waals surface area (Å²) in [4.78, 5) is 11.7. The van der Waals surface area contributed by atoms with Crippen LogP contribution in [0.1, 0.15) is 5.56 Å². The fourth-order valence-electron chi connectivity index (χ4n) is 2.04. The first kappa shape index (κ1) is 18.5. The van der Waals surface area contributed by atoms with Crippen molar-refractivity contribution in [3.8, 4) is 11.5 Å². The summed E-state index contributed by atoms with van der Waals surface area (Å²) in [6, 6.07) is 12.2. The van der Waals surface area contributed by atoms with Crippen molar-refractivity contribution in [2.24, 2.45) is 0 Å². The molecule has 0 aliphatic heterocycles. The largest absolute Gasteiger partial charge is 0.493 e. The fourth-order valence-corrected chi connectivity index (χ4v) is 2.90. The lowest BCUT2D eigenvalue weighted by Gasteiger charge is -2.11. The van der Waals surface area contributed by atoms with E-state index in [1.165, 1.54) is 20.3 Å². The topological polar surface area (TPSA) is 73.9 Å². The van der Waals surface area contributed by atoms with Crippen molar-refractivity contribution < 1.29 is 23.2 Å². The number of rotatable bonds is 7. The second kappa shape index (κ2) is 8.89. The first-order chi connectivity index (χ1) is 12.1. The predicted octanol–water partition coefficient (Wildman–Crippen LogP) is 3.02. The summed E-state index contributed by atoms with van der Waals surface area (Å²) in [7, 11) is 2.90. The Kier molecular flexibility index (Phi) is 6.59. The third kappa shape index (κ3) is 5.09. The van der Waals surface area contributed by atoms with Gasteiger partial charge in [0, 0.05) is 17.8 Å². The van der Waals surface area contributed by atoms with Gasteiger partial charge >= 0.3 is 5.97 Å². The molecule has 1 N–H and O–H groups in total. The molecule has 0 heterocycles. The number of carbonyl (C=O) groups excluding carboxylic acids is 1. The molecule has 0 fully saturated rings. The standard InChI is InChI=1S/C18H19NO5S/c1-22-16-9-8-15(12-17(16)23-2)25(21)19-14-6-4-5-13(11-14)7-10-18(20)24-3/h4-12,19H,1-3H3/b10-7+. The monoisotopic (exact) mass is 361 g/mol. The molecule has 0 amide bonds. The molecule has 0 aliphatic rings. The molecule has 2 aromatic rings. The average Bonchev–Trinajstić information content (AvgIpc) is 2.65. The smallest absolute Gasteiger partial charge is 0.330 e. The molecular formula is C18H19NO5S. The molecule has 0 bridgehead atoms. The Morgan fingerprint density at radius 1 is 1.04 bits per heavy atom. The molecule has 0 aromatic heterocycles. The van der Waals surface area contributed by atoms with Gasteiger partial charge in [0.1, 0.15) is 11.0 Å². The Labute approximate surface area is 149 Å². The van der Waals surface area contributed by atoms with Crippen LogP contribution in [0, 0.1) is 0 Å². The van der Waals surface area contributed by atoms with E-state index in [0.717, 1.165) is 5.56 Å². The number of anilines is 1. The summed E-state index contributed by atoms with van der Waals surface area (Å²) in [6.07, 6.45) is 2.95. The van der Waals surface area contributed by atoms with E-state index in [-0.39, 0.29) is 0 Å². The van der Waals surface area contributed by atoms with Crippen LogP contribution >= 0.6 is 0 Å². The average molecular weight is 361 g/mol. The van der Waals surface area contributed by atoms with Gasteiger partial charge in [-0.25, -0.2) is 9.00 Å². The van der Waals surface area contributed by atoms with Crippen LogP contribution in [0.25, 0.3) is 6.08 Å². The molecule has 2 aromatic carbocycles. The van der Waals surface area contributed by atoms with Crippen molar-refractivity contribution >= 4 is 28.7 Å². The van der Waals surface area contributed by atoms with Crippen LogP contribution in [-0.2, 0) is 20.5 Å². The molecule has 6 nitrogen and oxygen atoms in total. The number of benzene rings is 2. The third-order valence-corrected chi connectivity index (χ3v) is 4.38. The van der Waals surface area contributed by atoms with Gasteiger partial charge in [0.05, 0.1) is 26.2 Å². The van der Waals surface area contributed by atoms with Gasteiger partial charge in [-0.15, -0.1) is 0 Å². The molecule has 7 heteroatoms. The zero-order valence-electron chi connectivity index (χ0n) is 14.1. The van der Waals surface area contributed by atoms with Crippen molar-refractivity contribution in [2.75, 3.05) is 26.1 Å². The lowest BCUT2D eigenvalue weighted by atomic mass is 10.2. The Bertz CT molecular complexity index is 804. The summed E-state index contributed by atoms with van der Waals surface area (Å²) in [5, 5.41) is 0. The van der Waals surface area contributed by atoms with E-state index in [4.69, 9.17) is 9.47 Å². The highest BCUT2D eigenvalue weighted by Crippen LogP contribution is 2.29. The molecule has 132 valence electrons. The van der Waals surface area contributed by atoms with Gasteiger partial charge in [-0.05, 0) is 35.9 Å². The molecule has 0 spiro atoms. The van der Waals surface area contributed by atoms with E-state index in [1.807, 2.05) is 6.07 Å². The van der Waals surface area contributed by atoms with E-state index < -0.39 is 17.0 Å². The summed E-state index contributed by atoms with van der Waals surface area (Å²) in [5.74, 6) is 0.635. The molecule has 0 saturated heterocycles. The van der Waals surface area contributed by atoms with Gasteiger partial charge in [-0.2, -0.15) is 0 Å². The molecule has 25 heavy (non-hydrogen) atoms. The maximum absolute atomic E-state index is 12.5. The molecule has 2 rings (SSSR count). The van der Waals surface area contributed by atoms with Gasteiger partial charge < -0.3 is 18.9 Å². The second-order valence-corrected chi connectivity index (χ2v) is 6.08. The van der Waals surface area contributed by atoms with Crippen molar-refractivity contribution in [3.05, 3.63) is 54.1 Å². The van der Waals surface area contributed by atoms with Crippen LogP contribution in [0.5, 0.6) is 11.5 Å². The van der Waals surface area contributed by atoms with Crippen molar-refractivity contribution in [2.45, 2.75) is 4.90 Å². The fraction of sp³-hybridized carbons (Fsp3) is 0.167. The van der Waals surface area contributed by atoms with Gasteiger partial charge in [0.15, 0.2) is 11.5 Å². The molecular weight excluding hydrogens is 342 g/mol. The van der Waals surface area contributed by atoms with Crippen molar-refractivity contribution in [1.29, 1.82) is 0 Å². The Balaban J connectivity index is 2.15. The van der Waals surface area contributed by atoms with E-state index in [2.05, 4.69) is 9.46 Å². The zero-order chi connectivity index (χ0) is 18.2. The maximum Gasteiger partial charge on any atom is 0.330 e. The summed E-state index contributed by atoms with van der Waals surface area (Å²) >= 11 is 0. The van der Waals surface area contributed by atoms with E-state index >= 15 is 0 Å². The van der Waals surface area contributed by atoms with Crippen LogP contribution < -0.4 is 14.2 Å². The second-order valence-electron chi connectivity index (χ2n) is 4.87. The highest BCUT2D eigenvalue weighted by atomic mass is 32.2. The zero-order valence-corrected chi connectivity index (χ0v) is 15.0. The number of hydrogen-bond acceptors (Lipinski definition) is 5. The first-order valence-corrected chi connectivity index (χ1v) is 8.49. The summed E-state index contributed by atoms with van der Waals surface area (Å²) in [6.45, 7) is 0. The quantitative estimate of drug-likeness (QED) is 0.606. The van der Waals surface area contributed by atoms with Gasteiger partial charge in [-0.3, -0.25) is 0 Å². The van der Waals surface area contributed by atoms with Gasteiger partial charge in [-0.1, -0.05) is 12.1 Å². The summed E-state index contributed by atoms with van der Waals surface area (Å²) in [5.41, 5.74) is 1.43. The van der Waals surface area contributed by atoms with E-state index in [9.17, 15) is 9.00 Å². The number of nitrogens with one attached hydrogen (secondary N) is 1. The molecule has 0 saturated carbocycles. The lowest BCUT2D eigenvalue weighted by molar-refractivity contribution is -0.134. The number of esters is 1. The molecule has 0 radical (unpaired) electrons. The van der Waals surface area contributed by atoms with Crippen molar-refractivity contribution in [1.82, 2.24) is 0 Å². The van der Waals surface area contributed by atoms with Crippen molar-refractivity contribution in [3.63, 3.8) is 0 Å². The normalized spacial score (nSPS) is 11.8. The van der Waals surface area contributed by atoms with Crippen LogP contribution in [0.15, 0.2) is 53.4 Å². The number of ether oxygens (including phenoxy) is 3. The minimum atomic E-state index is -1.48.